The van der Waals surface area contributed by atoms with Gasteiger partial charge in [0.15, 0.2) is 5.13 Å². The molecular formula is C13H11N3OS. The molecule has 2 N–H and O–H groups in total. The first-order valence-corrected chi connectivity index (χ1v) is 6.24. The lowest BCUT2D eigenvalue weighted by atomic mass is 10.1. The van der Waals surface area contributed by atoms with Crippen LogP contribution in [0, 0.1) is 0 Å². The predicted molar refractivity (Wildman–Crippen MR) is 73.8 cm³/mol. The fourth-order valence-corrected chi connectivity index (χ4v) is 2.52. The maximum atomic E-state index is 5.70. The Hall–Kier alpha value is -2.14. The number of nitrogens with two attached hydrogens (primary N) is 1. The second kappa shape index (κ2) is 4.27. The Balaban J connectivity index is 2.12. The van der Waals surface area contributed by atoms with Gasteiger partial charge in [0.05, 0.1) is 23.0 Å². The van der Waals surface area contributed by atoms with Gasteiger partial charge in [0.2, 0.25) is 0 Å². The second-order valence-electron chi connectivity index (χ2n) is 3.82. The fourth-order valence-electron chi connectivity index (χ4n) is 1.80. The highest BCUT2D eigenvalue weighted by Gasteiger charge is 2.05. The van der Waals surface area contributed by atoms with Crippen LogP contribution in [0.15, 0.2) is 36.5 Å². The fraction of sp³-hybridized carbons (Fsp3) is 0.0769. The average molecular weight is 257 g/mol. The zero-order valence-corrected chi connectivity index (χ0v) is 10.6. The maximum Gasteiger partial charge on any atom is 0.181 e. The molecule has 0 bridgehead atoms. The summed E-state index contributed by atoms with van der Waals surface area (Å²) in [4.78, 5) is 8.61. The molecule has 0 aliphatic heterocycles. The van der Waals surface area contributed by atoms with Gasteiger partial charge in [0.1, 0.15) is 5.75 Å². The summed E-state index contributed by atoms with van der Waals surface area (Å²) in [5, 5.41) is 0.584. The summed E-state index contributed by atoms with van der Waals surface area (Å²) in [7, 11) is 1.64. The number of pyridine rings is 1. The van der Waals surface area contributed by atoms with Gasteiger partial charge in [0.25, 0.3) is 0 Å². The number of anilines is 1. The minimum absolute atomic E-state index is 0.584. The highest BCUT2D eigenvalue weighted by Crippen LogP contribution is 2.29. The topological polar surface area (TPSA) is 61.0 Å². The first kappa shape index (κ1) is 11.0. The molecule has 2 heterocycles. The van der Waals surface area contributed by atoms with E-state index in [1.165, 1.54) is 11.3 Å². The predicted octanol–water partition coefficient (Wildman–Crippen LogP) is 2.95. The van der Waals surface area contributed by atoms with Gasteiger partial charge < -0.3 is 10.5 Å². The summed E-state index contributed by atoms with van der Waals surface area (Å²) in [6, 6.07) is 9.74. The van der Waals surface area contributed by atoms with Gasteiger partial charge in [0, 0.05) is 17.8 Å². The summed E-state index contributed by atoms with van der Waals surface area (Å²) >= 11 is 1.49. The summed E-state index contributed by atoms with van der Waals surface area (Å²) in [5.74, 6) is 0.790. The summed E-state index contributed by atoms with van der Waals surface area (Å²) in [6.07, 6.45) is 1.73. The molecule has 0 fully saturated rings. The standard InChI is InChI=1S/C13H11N3OS/c1-17-9-4-5-15-10(7-9)8-2-3-12-11(6-8)16-13(14)18-12/h2-7H,1H3,(H2,14,16). The Morgan fingerprint density at radius 1 is 1.22 bits per heavy atom. The van der Waals surface area contributed by atoms with Crippen molar-refractivity contribution in [3.63, 3.8) is 0 Å². The van der Waals surface area contributed by atoms with Gasteiger partial charge in [-0.15, -0.1) is 0 Å². The molecule has 5 heteroatoms. The van der Waals surface area contributed by atoms with Crippen molar-refractivity contribution in [3.05, 3.63) is 36.5 Å². The molecule has 18 heavy (non-hydrogen) atoms. The number of thiazole rings is 1. The normalized spacial score (nSPS) is 10.7. The molecule has 0 spiro atoms. The Labute approximate surface area is 108 Å². The number of rotatable bonds is 2. The Morgan fingerprint density at radius 2 is 2.11 bits per heavy atom. The third kappa shape index (κ3) is 1.89. The molecule has 3 rings (SSSR count). The molecule has 4 nitrogen and oxygen atoms in total. The molecular weight excluding hydrogens is 246 g/mol. The summed E-state index contributed by atoms with van der Waals surface area (Å²) in [5.41, 5.74) is 8.47. The zero-order chi connectivity index (χ0) is 12.5. The first-order valence-electron chi connectivity index (χ1n) is 5.43. The third-order valence-corrected chi connectivity index (χ3v) is 3.53. The van der Waals surface area contributed by atoms with Crippen LogP contribution < -0.4 is 10.5 Å². The van der Waals surface area contributed by atoms with E-state index >= 15 is 0 Å². The van der Waals surface area contributed by atoms with E-state index in [1.54, 1.807) is 13.3 Å². The van der Waals surface area contributed by atoms with Crippen LogP contribution in [0.25, 0.3) is 21.5 Å². The van der Waals surface area contributed by atoms with Gasteiger partial charge in [-0.3, -0.25) is 4.98 Å². The first-order chi connectivity index (χ1) is 8.76. The molecule has 0 unspecified atom stereocenters. The van der Waals surface area contributed by atoms with E-state index in [-0.39, 0.29) is 0 Å². The van der Waals surface area contributed by atoms with Crippen molar-refractivity contribution >= 4 is 26.7 Å². The van der Waals surface area contributed by atoms with E-state index in [0.717, 1.165) is 27.2 Å². The summed E-state index contributed by atoms with van der Waals surface area (Å²) in [6.45, 7) is 0. The van der Waals surface area contributed by atoms with Crippen LogP contribution in [0.4, 0.5) is 5.13 Å². The van der Waals surface area contributed by atoms with E-state index in [4.69, 9.17) is 10.5 Å². The number of aromatic nitrogens is 2. The Morgan fingerprint density at radius 3 is 2.94 bits per heavy atom. The van der Waals surface area contributed by atoms with E-state index in [9.17, 15) is 0 Å². The van der Waals surface area contributed by atoms with Crippen molar-refractivity contribution in [2.45, 2.75) is 0 Å². The number of hydrogen-bond donors (Lipinski definition) is 1. The van der Waals surface area contributed by atoms with Gasteiger partial charge in [-0.1, -0.05) is 17.4 Å². The number of ether oxygens (including phenoxy) is 1. The molecule has 0 amide bonds. The lowest BCUT2D eigenvalue weighted by molar-refractivity contribution is 0.414. The molecule has 2 aromatic heterocycles. The molecule has 0 radical (unpaired) electrons. The van der Waals surface area contributed by atoms with Crippen LogP contribution in [0.5, 0.6) is 5.75 Å². The van der Waals surface area contributed by atoms with Crippen molar-refractivity contribution < 1.29 is 4.74 Å². The average Bonchev–Trinajstić information content (AvgIpc) is 2.77. The van der Waals surface area contributed by atoms with Crippen molar-refractivity contribution in [3.8, 4) is 17.0 Å². The number of hydrogen-bond acceptors (Lipinski definition) is 5. The van der Waals surface area contributed by atoms with E-state index < -0.39 is 0 Å². The number of benzene rings is 1. The highest BCUT2D eigenvalue weighted by molar-refractivity contribution is 7.22. The zero-order valence-electron chi connectivity index (χ0n) is 9.75. The SMILES string of the molecule is COc1ccnc(-c2ccc3sc(N)nc3c2)c1. The number of nitrogens with zero attached hydrogens (tertiary/aromatic N) is 2. The number of nitrogen functional groups attached to an aromatic ring is 1. The second-order valence-corrected chi connectivity index (χ2v) is 4.88. The van der Waals surface area contributed by atoms with E-state index in [2.05, 4.69) is 9.97 Å². The van der Waals surface area contributed by atoms with Crippen LogP contribution in [0.2, 0.25) is 0 Å². The van der Waals surface area contributed by atoms with Crippen LogP contribution in [0.1, 0.15) is 0 Å². The third-order valence-electron chi connectivity index (χ3n) is 2.67. The molecule has 0 saturated carbocycles. The molecule has 0 aliphatic carbocycles. The van der Waals surface area contributed by atoms with Gasteiger partial charge in [-0.2, -0.15) is 0 Å². The lowest BCUT2D eigenvalue weighted by Gasteiger charge is -2.03. The molecule has 0 saturated heterocycles. The quantitative estimate of drug-likeness (QED) is 0.766. The van der Waals surface area contributed by atoms with Crippen molar-refractivity contribution in [1.82, 2.24) is 9.97 Å². The molecule has 0 atom stereocenters. The van der Waals surface area contributed by atoms with Gasteiger partial charge >= 0.3 is 0 Å². The monoisotopic (exact) mass is 257 g/mol. The smallest absolute Gasteiger partial charge is 0.181 e. The van der Waals surface area contributed by atoms with Crippen molar-refractivity contribution in [1.29, 1.82) is 0 Å². The number of methoxy groups -OCH3 is 1. The van der Waals surface area contributed by atoms with Crippen LogP contribution >= 0.6 is 11.3 Å². The largest absolute Gasteiger partial charge is 0.497 e. The Kier molecular flexibility index (Phi) is 2.60. The molecule has 90 valence electrons. The molecule has 1 aromatic carbocycles. The minimum atomic E-state index is 0.584. The van der Waals surface area contributed by atoms with E-state index in [1.807, 2.05) is 30.3 Å². The van der Waals surface area contributed by atoms with Crippen LogP contribution in [-0.4, -0.2) is 17.1 Å². The number of fused-ring (bicyclic) bond motifs is 1. The maximum absolute atomic E-state index is 5.70. The lowest BCUT2D eigenvalue weighted by Crippen LogP contribution is -1.87. The highest BCUT2D eigenvalue weighted by atomic mass is 32.1. The minimum Gasteiger partial charge on any atom is -0.497 e. The summed E-state index contributed by atoms with van der Waals surface area (Å²) < 4.78 is 6.28. The molecule has 0 aliphatic rings. The van der Waals surface area contributed by atoms with Crippen molar-refractivity contribution in [2.75, 3.05) is 12.8 Å². The van der Waals surface area contributed by atoms with Gasteiger partial charge in [-0.05, 0) is 18.2 Å². The Bertz CT molecular complexity index is 708. The molecule has 3 aromatic rings. The van der Waals surface area contributed by atoms with Crippen molar-refractivity contribution in [2.24, 2.45) is 0 Å². The van der Waals surface area contributed by atoms with E-state index in [0.29, 0.717) is 5.13 Å². The van der Waals surface area contributed by atoms with Crippen LogP contribution in [0.3, 0.4) is 0 Å². The van der Waals surface area contributed by atoms with Crippen LogP contribution in [-0.2, 0) is 0 Å². The van der Waals surface area contributed by atoms with Gasteiger partial charge in [-0.25, -0.2) is 4.98 Å².